The smallest absolute Gasteiger partial charge is 0.134 e. The zero-order valence-corrected chi connectivity index (χ0v) is 19.7. The van der Waals surface area contributed by atoms with Crippen LogP contribution >= 0.6 is 11.6 Å². The summed E-state index contributed by atoms with van der Waals surface area (Å²) in [5.41, 5.74) is 8.36. The molecule has 0 aromatic heterocycles. The van der Waals surface area contributed by atoms with E-state index in [0.29, 0.717) is 23.8 Å². The molecule has 2 aromatic rings. The minimum Gasteiger partial charge on any atom is -0.497 e. The average Bonchev–Trinajstić information content (AvgIpc) is 3.64. The fourth-order valence-corrected chi connectivity index (χ4v) is 3.32. The number of hydrogen-bond donors (Lipinski definition) is 5. The van der Waals surface area contributed by atoms with Gasteiger partial charge in [0.2, 0.25) is 0 Å². The molecular formula is C25H30ClFN4O3. The van der Waals surface area contributed by atoms with Gasteiger partial charge in [-0.1, -0.05) is 23.7 Å². The number of methoxy groups -OCH3 is 1. The summed E-state index contributed by atoms with van der Waals surface area (Å²) in [5.74, 6) is 0.970. The summed E-state index contributed by atoms with van der Waals surface area (Å²) in [7, 11) is 1.60. The van der Waals surface area contributed by atoms with Crippen LogP contribution in [0.2, 0.25) is 0 Å². The molecule has 182 valence electrons. The van der Waals surface area contributed by atoms with Crippen LogP contribution in [0.4, 0.5) is 10.1 Å². The van der Waals surface area contributed by atoms with Crippen molar-refractivity contribution in [3.63, 3.8) is 0 Å². The van der Waals surface area contributed by atoms with Crippen molar-refractivity contribution in [3.05, 3.63) is 83.1 Å². The van der Waals surface area contributed by atoms with Gasteiger partial charge < -0.3 is 30.9 Å². The highest BCUT2D eigenvalue weighted by Gasteiger charge is 2.21. The summed E-state index contributed by atoms with van der Waals surface area (Å²) in [5, 5.41) is 24.2. The third-order valence-electron chi connectivity index (χ3n) is 5.30. The summed E-state index contributed by atoms with van der Waals surface area (Å²) >= 11 is 5.77. The fourth-order valence-electron chi connectivity index (χ4n) is 3.20. The molecule has 0 heterocycles. The highest BCUT2D eigenvalue weighted by atomic mass is 35.5. The summed E-state index contributed by atoms with van der Waals surface area (Å²) in [6.45, 7) is 1.22. The van der Waals surface area contributed by atoms with Gasteiger partial charge in [-0.05, 0) is 60.7 Å². The topological polar surface area (TPSA) is 113 Å². The molecular weight excluding hydrogens is 459 g/mol. The Bertz CT molecular complexity index is 1040. The molecule has 0 aliphatic heterocycles. The van der Waals surface area contributed by atoms with E-state index < -0.39 is 11.9 Å². The fraction of sp³-hybridized carbons (Fsp3) is 0.320. The number of rotatable bonds is 13. The molecule has 1 aliphatic carbocycles. The number of aliphatic hydroxyl groups excluding tert-OH is 1. The molecule has 34 heavy (non-hydrogen) atoms. The van der Waals surface area contributed by atoms with Crippen molar-refractivity contribution >= 4 is 22.5 Å². The Kier molecular flexibility index (Phi) is 9.33. The van der Waals surface area contributed by atoms with Gasteiger partial charge in [0.1, 0.15) is 22.8 Å². The van der Waals surface area contributed by atoms with Crippen molar-refractivity contribution < 1.29 is 19.0 Å². The van der Waals surface area contributed by atoms with Crippen molar-refractivity contribution in [1.82, 2.24) is 5.32 Å². The number of nitrogens with two attached hydrogens (primary N) is 1. The first-order valence-corrected chi connectivity index (χ1v) is 11.3. The van der Waals surface area contributed by atoms with Crippen molar-refractivity contribution in [3.8, 4) is 5.75 Å². The lowest BCUT2D eigenvalue weighted by Crippen LogP contribution is -2.27. The lowest BCUT2D eigenvalue weighted by atomic mass is 10.1. The number of hydrogen-bond acceptors (Lipinski definition) is 7. The van der Waals surface area contributed by atoms with Crippen LogP contribution in [0.5, 0.6) is 5.75 Å². The first kappa shape index (κ1) is 25.6. The predicted octanol–water partition coefficient (Wildman–Crippen LogP) is 4.22. The van der Waals surface area contributed by atoms with Crippen LogP contribution in [0.3, 0.4) is 0 Å². The number of ether oxygens (including phenoxy) is 2. The van der Waals surface area contributed by atoms with E-state index in [0.717, 1.165) is 17.9 Å². The molecule has 1 unspecified atom stereocenters. The van der Waals surface area contributed by atoms with Crippen LogP contribution in [0.1, 0.15) is 24.0 Å². The summed E-state index contributed by atoms with van der Waals surface area (Å²) in [6, 6.07) is 11.6. The van der Waals surface area contributed by atoms with E-state index in [9.17, 15) is 9.50 Å². The summed E-state index contributed by atoms with van der Waals surface area (Å²) < 4.78 is 24.9. The van der Waals surface area contributed by atoms with E-state index in [1.54, 1.807) is 13.3 Å². The molecule has 0 radical (unpaired) electrons. The van der Waals surface area contributed by atoms with E-state index >= 15 is 0 Å². The maximum Gasteiger partial charge on any atom is 0.134 e. The van der Waals surface area contributed by atoms with Gasteiger partial charge in [-0.3, -0.25) is 5.41 Å². The second kappa shape index (κ2) is 12.4. The Morgan fingerprint density at radius 2 is 2.00 bits per heavy atom. The number of benzene rings is 2. The summed E-state index contributed by atoms with van der Waals surface area (Å²) in [4.78, 5) is 0. The molecule has 7 nitrogen and oxygen atoms in total. The highest BCUT2D eigenvalue weighted by molar-refractivity contribution is 6.67. The SMILES string of the molecule is COc1ccc(COCc2cc(F)ccc2N/C(=C\C(=N)Cl)C(O)/C(N)=C/NCC2CC2)cc1. The highest BCUT2D eigenvalue weighted by Crippen LogP contribution is 2.27. The minimum atomic E-state index is -1.25. The molecule has 0 spiro atoms. The molecule has 3 rings (SSSR count). The van der Waals surface area contributed by atoms with Gasteiger partial charge in [-0.15, -0.1) is 0 Å². The van der Waals surface area contributed by atoms with Gasteiger partial charge in [0.25, 0.3) is 0 Å². The molecule has 1 fully saturated rings. The molecule has 9 heteroatoms. The molecule has 0 amide bonds. The maximum absolute atomic E-state index is 14.0. The van der Waals surface area contributed by atoms with Crippen molar-refractivity contribution in [2.24, 2.45) is 11.7 Å². The number of halogens is 2. The maximum atomic E-state index is 14.0. The first-order valence-electron chi connectivity index (χ1n) is 10.9. The van der Waals surface area contributed by atoms with Crippen molar-refractivity contribution in [2.45, 2.75) is 32.2 Å². The molecule has 0 bridgehead atoms. The largest absolute Gasteiger partial charge is 0.497 e. The predicted molar refractivity (Wildman–Crippen MR) is 132 cm³/mol. The van der Waals surface area contributed by atoms with E-state index in [4.69, 9.17) is 32.2 Å². The number of allylic oxidation sites excluding steroid dienone is 1. The molecule has 1 aliphatic rings. The number of nitrogens with one attached hydrogen (secondary N) is 3. The van der Waals surface area contributed by atoms with E-state index in [2.05, 4.69) is 10.6 Å². The van der Waals surface area contributed by atoms with Crippen LogP contribution < -0.4 is 21.1 Å². The lowest BCUT2D eigenvalue weighted by Gasteiger charge is -2.20. The summed E-state index contributed by atoms with van der Waals surface area (Å²) in [6.07, 6.45) is 3.95. The standard InChI is InChI=1S/C25H30ClFN4O3/c1-33-20-7-4-17(5-8-20)14-34-15-18-10-19(27)6-9-22(18)31-23(11-24(26)29)25(32)21(28)13-30-12-16-2-3-16/h4-11,13,16,25,29-32H,2-3,12,14-15,28H2,1H3/b21-13-,23-11-,29-24?. The van der Waals surface area contributed by atoms with Crippen molar-refractivity contribution in [1.29, 1.82) is 5.41 Å². The Labute approximate surface area is 203 Å². The molecule has 1 atom stereocenters. The molecule has 2 aromatic carbocycles. The van der Waals surface area contributed by atoms with Gasteiger partial charge >= 0.3 is 0 Å². The second-order valence-electron chi connectivity index (χ2n) is 8.11. The zero-order valence-electron chi connectivity index (χ0n) is 19.0. The van der Waals surface area contributed by atoms with Crippen LogP contribution in [0.25, 0.3) is 0 Å². The Balaban J connectivity index is 1.69. The third-order valence-corrected chi connectivity index (χ3v) is 5.41. The Morgan fingerprint density at radius 3 is 2.65 bits per heavy atom. The average molecular weight is 489 g/mol. The molecule has 0 saturated heterocycles. The van der Waals surface area contributed by atoms with E-state index in [1.807, 2.05) is 24.3 Å². The van der Waals surface area contributed by atoms with Crippen molar-refractivity contribution in [2.75, 3.05) is 19.0 Å². The normalized spacial score (nSPS) is 15.1. The Morgan fingerprint density at radius 1 is 1.26 bits per heavy atom. The van der Waals surface area contributed by atoms with Crippen LogP contribution in [0.15, 0.2) is 66.1 Å². The van der Waals surface area contributed by atoms with Gasteiger partial charge in [-0.25, -0.2) is 4.39 Å². The second-order valence-corrected chi connectivity index (χ2v) is 8.52. The number of anilines is 1. The Hall–Kier alpha value is -3.07. The van der Waals surface area contributed by atoms with E-state index in [1.165, 1.54) is 37.1 Å². The van der Waals surface area contributed by atoms with Gasteiger partial charge in [0.15, 0.2) is 0 Å². The van der Waals surface area contributed by atoms with Crippen LogP contribution in [-0.2, 0) is 18.0 Å². The quantitative estimate of drug-likeness (QED) is 0.270. The van der Waals surface area contributed by atoms with Gasteiger partial charge in [0.05, 0.1) is 31.7 Å². The third kappa shape index (κ3) is 8.06. The number of aliphatic hydroxyl groups is 1. The van der Waals surface area contributed by atoms with E-state index in [-0.39, 0.29) is 23.2 Å². The van der Waals surface area contributed by atoms with Crippen LogP contribution in [0, 0.1) is 17.1 Å². The van der Waals surface area contributed by atoms with Gasteiger partial charge in [0, 0.05) is 24.0 Å². The lowest BCUT2D eigenvalue weighted by molar-refractivity contribution is 0.107. The molecule has 1 saturated carbocycles. The van der Waals surface area contributed by atoms with Gasteiger partial charge in [-0.2, -0.15) is 0 Å². The minimum absolute atomic E-state index is 0.113. The van der Waals surface area contributed by atoms with Crippen LogP contribution in [-0.4, -0.2) is 30.0 Å². The zero-order chi connectivity index (χ0) is 24.5. The monoisotopic (exact) mass is 488 g/mol. The first-order chi connectivity index (χ1) is 16.4. The molecule has 6 N–H and O–H groups in total.